The Morgan fingerprint density at radius 2 is 1.77 bits per heavy atom. The van der Waals surface area contributed by atoms with Crippen molar-refractivity contribution in [3.8, 4) is 0 Å². The second-order valence-electron chi connectivity index (χ2n) is 9.96. The Bertz CT molecular complexity index is 907. The van der Waals surface area contributed by atoms with E-state index in [0.29, 0.717) is 17.0 Å². The molecule has 1 aliphatic rings. The summed E-state index contributed by atoms with van der Waals surface area (Å²) in [5, 5.41) is 13.2. The number of amides is 1. The second kappa shape index (κ2) is 14.6. The maximum absolute atomic E-state index is 13.5. The number of carbonyl (C=O) groups is 1. The molecular formula is C30H43ClN2O2. The molecule has 0 atom stereocenters. The van der Waals surface area contributed by atoms with E-state index in [1.54, 1.807) is 0 Å². The third-order valence-corrected chi connectivity index (χ3v) is 7.63. The fourth-order valence-corrected chi connectivity index (χ4v) is 5.58. The van der Waals surface area contributed by atoms with Crippen molar-refractivity contribution in [1.82, 2.24) is 10.2 Å². The van der Waals surface area contributed by atoms with E-state index >= 15 is 0 Å². The highest BCUT2D eigenvalue weighted by Gasteiger charge is 2.30. The fourth-order valence-electron chi connectivity index (χ4n) is 5.46. The number of nitrogens with one attached hydrogen (secondary N) is 1. The summed E-state index contributed by atoms with van der Waals surface area (Å²) in [7, 11) is 2.00. The van der Waals surface area contributed by atoms with Crippen molar-refractivity contribution >= 4 is 17.5 Å². The van der Waals surface area contributed by atoms with Gasteiger partial charge >= 0.3 is 0 Å². The third-order valence-electron chi connectivity index (χ3n) is 7.38. The monoisotopic (exact) mass is 498 g/mol. The first-order chi connectivity index (χ1) is 17.1. The van der Waals surface area contributed by atoms with Gasteiger partial charge in [-0.2, -0.15) is 0 Å². The number of aliphatic hydroxyl groups is 1. The smallest absolute Gasteiger partial charge is 0.254 e. The highest BCUT2D eigenvalue weighted by atomic mass is 35.5. The quantitative estimate of drug-likeness (QED) is 0.301. The van der Waals surface area contributed by atoms with E-state index in [1.165, 1.54) is 36.0 Å². The van der Waals surface area contributed by atoms with Crippen LogP contribution in [0.1, 0.15) is 97.7 Å². The summed E-state index contributed by atoms with van der Waals surface area (Å²) >= 11 is 6.07. The van der Waals surface area contributed by atoms with Gasteiger partial charge in [-0.3, -0.25) is 4.79 Å². The van der Waals surface area contributed by atoms with Crippen LogP contribution in [0, 0.1) is 0 Å². The average molecular weight is 499 g/mol. The molecule has 2 aromatic rings. The van der Waals surface area contributed by atoms with Crippen LogP contribution >= 0.6 is 11.6 Å². The van der Waals surface area contributed by atoms with Gasteiger partial charge in [0.05, 0.1) is 0 Å². The van der Waals surface area contributed by atoms with Crippen LogP contribution in [0.2, 0.25) is 5.02 Å². The molecule has 0 aromatic heterocycles. The largest absolute Gasteiger partial charge is 0.396 e. The number of rotatable bonds is 13. The zero-order chi connectivity index (χ0) is 25.0. The summed E-state index contributed by atoms with van der Waals surface area (Å²) in [4.78, 5) is 15.6. The number of nitrogens with zero attached hydrogens (tertiary/aromatic N) is 1. The van der Waals surface area contributed by atoms with E-state index in [4.69, 9.17) is 11.6 Å². The highest BCUT2D eigenvalue weighted by molar-refractivity contribution is 6.30. The molecule has 2 aromatic carbocycles. The maximum Gasteiger partial charge on any atom is 0.254 e. The number of unbranched alkanes of at least 4 members (excludes halogenated alkanes) is 3. The standard InChI is InChI=1S/C30H43ClN2O2/c1-3-4-5-6-19-33(30(35)25-10-14-27(31)15-11-25)28-16-12-24(13-17-28)29-18-9-23(8-7-20-34)21-26(29)22-32-2/h9-11,14-15,18,21,24,28,32,34H,3-8,12-13,16-17,19-20,22H2,1-2H3/t24-,28-. The lowest BCUT2D eigenvalue weighted by atomic mass is 9.79. The Morgan fingerprint density at radius 1 is 1.03 bits per heavy atom. The van der Waals surface area contributed by atoms with Crippen LogP contribution in [-0.4, -0.2) is 42.2 Å². The first-order valence-corrected chi connectivity index (χ1v) is 13.9. The van der Waals surface area contributed by atoms with E-state index in [0.717, 1.165) is 63.6 Å². The fraction of sp³-hybridized carbons (Fsp3) is 0.567. The van der Waals surface area contributed by atoms with Crippen molar-refractivity contribution in [2.45, 2.75) is 89.6 Å². The summed E-state index contributed by atoms with van der Waals surface area (Å²) in [6.45, 7) is 4.15. The zero-order valence-electron chi connectivity index (χ0n) is 21.6. The zero-order valence-corrected chi connectivity index (χ0v) is 22.3. The van der Waals surface area contributed by atoms with Gasteiger partial charge in [0.1, 0.15) is 0 Å². The molecule has 0 heterocycles. The summed E-state index contributed by atoms with van der Waals surface area (Å²) in [6.07, 6.45) is 10.7. The maximum atomic E-state index is 13.5. The number of hydrogen-bond donors (Lipinski definition) is 2. The number of benzene rings is 2. The van der Waals surface area contributed by atoms with E-state index in [9.17, 15) is 9.90 Å². The molecule has 0 spiro atoms. The topological polar surface area (TPSA) is 52.6 Å². The minimum atomic E-state index is 0.144. The van der Waals surface area contributed by atoms with Crippen molar-refractivity contribution in [2.75, 3.05) is 20.2 Å². The lowest BCUT2D eigenvalue weighted by Crippen LogP contribution is -2.43. The van der Waals surface area contributed by atoms with Crippen LogP contribution in [0.15, 0.2) is 42.5 Å². The van der Waals surface area contributed by atoms with Gasteiger partial charge in [-0.15, -0.1) is 0 Å². The number of carbonyl (C=O) groups excluding carboxylic acids is 1. The lowest BCUT2D eigenvalue weighted by Gasteiger charge is -2.38. The van der Waals surface area contributed by atoms with E-state index in [-0.39, 0.29) is 12.5 Å². The molecule has 1 fully saturated rings. The molecule has 0 unspecified atom stereocenters. The van der Waals surface area contributed by atoms with E-state index < -0.39 is 0 Å². The van der Waals surface area contributed by atoms with Crippen molar-refractivity contribution < 1.29 is 9.90 Å². The molecule has 192 valence electrons. The molecule has 1 saturated carbocycles. The second-order valence-corrected chi connectivity index (χ2v) is 10.4. The highest BCUT2D eigenvalue weighted by Crippen LogP contribution is 2.37. The van der Waals surface area contributed by atoms with Gasteiger partial charge in [0.15, 0.2) is 0 Å². The predicted molar refractivity (Wildman–Crippen MR) is 146 cm³/mol. The molecule has 2 N–H and O–H groups in total. The number of aryl methyl sites for hydroxylation is 1. The Kier molecular flexibility index (Phi) is 11.6. The van der Waals surface area contributed by atoms with Crippen LogP contribution in [0.25, 0.3) is 0 Å². The Balaban J connectivity index is 1.70. The minimum Gasteiger partial charge on any atom is -0.396 e. The van der Waals surface area contributed by atoms with Crippen molar-refractivity contribution in [2.24, 2.45) is 0 Å². The molecule has 0 aliphatic heterocycles. The molecule has 1 aliphatic carbocycles. The predicted octanol–water partition coefficient (Wildman–Crippen LogP) is 6.73. The normalized spacial score (nSPS) is 17.9. The van der Waals surface area contributed by atoms with Crippen LogP contribution in [0.3, 0.4) is 0 Å². The van der Waals surface area contributed by atoms with Crippen molar-refractivity contribution in [3.05, 3.63) is 69.7 Å². The van der Waals surface area contributed by atoms with E-state index in [2.05, 4.69) is 35.3 Å². The average Bonchev–Trinajstić information content (AvgIpc) is 2.88. The molecule has 0 saturated heterocycles. The van der Waals surface area contributed by atoms with Gasteiger partial charge in [-0.25, -0.2) is 0 Å². The Morgan fingerprint density at radius 3 is 2.43 bits per heavy atom. The summed E-state index contributed by atoms with van der Waals surface area (Å²) < 4.78 is 0. The SMILES string of the molecule is CCCCCCN(C(=O)c1ccc(Cl)cc1)[C@H]1CC[C@H](c2ccc(CCCO)cc2CNC)CC1. The lowest BCUT2D eigenvalue weighted by molar-refractivity contribution is 0.0621. The Labute approximate surface area is 217 Å². The van der Waals surface area contributed by atoms with Crippen molar-refractivity contribution in [1.29, 1.82) is 0 Å². The summed E-state index contributed by atoms with van der Waals surface area (Å²) in [5.41, 5.74) is 4.86. The van der Waals surface area contributed by atoms with Crippen molar-refractivity contribution in [3.63, 3.8) is 0 Å². The molecule has 4 nitrogen and oxygen atoms in total. The molecule has 5 heteroatoms. The molecule has 0 radical (unpaired) electrons. The van der Waals surface area contributed by atoms with Crippen LogP contribution in [0.5, 0.6) is 0 Å². The minimum absolute atomic E-state index is 0.144. The molecule has 3 rings (SSSR count). The Hall–Kier alpha value is -1.88. The van der Waals surface area contributed by atoms with Gasteiger partial charge in [-0.1, -0.05) is 56.0 Å². The van der Waals surface area contributed by atoms with Gasteiger partial charge in [-0.05, 0) is 98.9 Å². The molecular weight excluding hydrogens is 456 g/mol. The summed E-state index contributed by atoms with van der Waals surface area (Å²) in [6, 6.07) is 14.5. The van der Waals surface area contributed by atoms with Gasteiger partial charge in [0.25, 0.3) is 5.91 Å². The first-order valence-electron chi connectivity index (χ1n) is 13.5. The van der Waals surface area contributed by atoms with Crippen LogP contribution < -0.4 is 5.32 Å². The molecule has 1 amide bonds. The van der Waals surface area contributed by atoms with Crippen LogP contribution in [-0.2, 0) is 13.0 Å². The number of aliphatic hydroxyl groups excluding tert-OH is 1. The van der Waals surface area contributed by atoms with Crippen LogP contribution in [0.4, 0.5) is 0 Å². The molecule has 35 heavy (non-hydrogen) atoms. The third kappa shape index (κ3) is 8.06. The summed E-state index contributed by atoms with van der Waals surface area (Å²) in [5.74, 6) is 0.680. The van der Waals surface area contributed by atoms with Gasteiger partial charge in [0, 0.05) is 36.3 Å². The molecule has 0 bridgehead atoms. The van der Waals surface area contributed by atoms with E-state index in [1.807, 2.05) is 31.3 Å². The number of hydrogen-bond acceptors (Lipinski definition) is 3. The van der Waals surface area contributed by atoms with Gasteiger partial charge < -0.3 is 15.3 Å². The first kappa shape index (κ1) is 27.7. The number of halogens is 1. The van der Waals surface area contributed by atoms with Gasteiger partial charge in [0.2, 0.25) is 0 Å².